The van der Waals surface area contributed by atoms with Crippen LogP contribution in [0.25, 0.3) is 0 Å². The van der Waals surface area contributed by atoms with E-state index in [1.807, 2.05) is 6.92 Å². The monoisotopic (exact) mass is 243 g/mol. The summed E-state index contributed by atoms with van der Waals surface area (Å²) in [6.45, 7) is 5.41. The summed E-state index contributed by atoms with van der Waals surface area (Å²) in [5.74, 6) is 0.580. The van der Waals surface area contributed by atoms with Crippen molar-refractivity contribution in [3.8, 4) is 0 Å². The Balaban J connectivity index is 2.28. The lowest BCUT2D eigenvalue weighted by Gasteiger charge is -2.27. The SMILES string of the molecule is CCNC(COC1CCC(C)CC1)C(=O)OC. The van der Waals surface area contributed by atoms with E-state index in [1.165, 1.54) is 20.0 Å². The van der Waals surface area contributed by atoms with Gasteiger partial charge in [-0.05, 0) is 38.1 Å². The van der Waals surface area contributed by atoms with Gasteiger partial charge < -0.3 is 14.8 Å². The maximum atomic E-state index is 11.5. The highest BCUT2D eigenvalue weighted by Crippen LogP contribution is 2.25. The molecule has 0 bridgehead atoms. The van der Waals surface area contributed by atoms with Crippen molar-refractivity contribution in [2.45, 2.75) is 51.7 Å². The van der Waals surface area contributed by atoms with Crippen LogP contribution in [0.3, 0.4) is 0 Å². The summed E-state index contributed by atoms with van der Waals surface area (Å²) in [5, 5.41) is 3.08. The maximum absolute atomic E-state index is 11.5. The van der Waals surface area contributed by atoms with Crippen LogP contribution >= 0.6 is 0 Å². The van der Waals surface area contributed by atoms with Crippen molar-refractivity contribution >= 4 is 5.97 Å². The molecule has 1 saturated carbocycles. The van der Waals surface area contributed by atoms with Crippen molar-refractivity contribution < 1.29 is 14.3 Å². The molecule has 0 heterocycles. The zero-order chi connectivity index (χ0) is 12.7. The normalized spacial score (nSPS) is 26.5. The molecule has 0 spiro atoms. The average Bonchev–Trinajstić information content (AvgIpc) is 2.35. The fourth-order valence-electron chi connectivity index (χ4n) is 2.23. The largest absolute Gasteiger partial charge is 0.468 e. The Bertz CT molecular complexity index is 225. The first-order valence-corrected chi connectivity index (χ1v) is 6.60. The molecule has 1 aliphatic rings. The lowest BCUT2D eigenvalue weighted by Crippen LogP contribution is -2.42. The van der Waals surface area contributed by atoms with Crippen molar-refractivity contribution in [3.05, 3.63) is 0 Å². The van der Waals surface area contributed by atoms with Crippen LogP contribution in [0.4, 0.5) is 0 Å². The number of rotatable bonds is 6. The van der Waals surface area contributed by atoms with Gasteiger partial charge in [-0.3, -0.25) is 4.79 Å². The van der Waals surface area contributed by atoms with Crippen LogP contribution in [-0.2, 0) is 14.3 Å². The molecule has 4 heteroatoms. The molecular formula is C13H25NO3. The average molecular weight is 243 g/mol. The predicted molar refractivity (Wildman–Crippen MR) is 66.9 cm³/mol. The Hall–Kier alpha value is -0.610. The van der Waals surface area contributed by atoms with Gasteiger partial charge in [0.15, 0.2) is 0 Å². The van der Waals surface area contributed by atoms with Crippen molar-refractivity contribution in [3.63, 3.8) is 0 Å². The minimum absolute atomic E-state index is 0.240. The van der Waals surface area contributed by atoms with Gasteiger partial charge in [-0.15, -0.1) is 0 Å². The zero-order valence-electron chi connectivity index (χ0n) is 11.2. The molecule has 0 aromatic carbocycles. The number of hydrogen-bond acceptors (Lipinski definition) is 4. The molecule has 0 aromatic heterocycles. The summed E-state index contributed by atoms with van der Waals surface area (Å²) in [7, 11) is 1.41. The van der Waals surface area contributed by atoms with E-state index in [0.717, 1.165) is 25.3 Å². The molecule has 1 N–H and O–H groups in total. The molecular weight excluding hydrogens is 218 g/mol. The van der Waals surface area contributed by atoms with Crippen molar-refractivity contribution in [2.24, 2.45) is 5.92 Å². The van der Waals surface area contributed by atoms with E-state index in [2.05, 4.69) is 12.2 Å². The van der Waals surface area contributed by atoms with Gasteiger partial charge in [0, 0.05) is 0 Å². The number of carbonyl (C=O) groups is 1. The van der Waals surface area contributed by atoms with Crippen LogP contribution in [0.1, 0.15) is 39.5 Å². The van der Waals surface area contributed by atoms with Gasteiger partial charge in [-0.25, -0.2) is 0 Å². The molecule has 0 saturated heterocycles. The summed E-state index contributed by atoms with van der Waals surface area (Å²) in [4.78, 5) is 11.5. The van der Waals surface area contributed by atoms with E-state index in [9.17, 15) is 4.79 Å². The molecule has 0 amide bonds. The van der Waals surface area contributed by atoms with Gasteiger partial charge in [-0.1, -0.05) is 13.8 Å². The fourth-order valence-corrected chi connectivity index (χ4v) is 2.23. The standard InChI is InChI=1S/C13H25NO3/c1-4-14-12(13(15)16-3)9-17-11-7-5-10(2)6-8-11/h10-12,14H,4-9H2,1-3H3. The Labute approximate surface area is 104 Å². The summed E-state index contributed by atoms with van der Waals surface area (Å²) in [5.41, 5.74) is 0. The quantitative estimate of drug-likeness (QED) is 0.722. The third-order valence-electron chi connectivity index (χ3n) is 3.40. The maximum Gasteiger partial charge on any atom is 0.325 e. The second-order valence-corrected chi connectivity index (χ2v) is 4.85. The van der Waals surface area contributed by atoms with Crippen LogP contribution in [-0.4, -0.2) is 38.4 Å². The minimum Gasteiger partial charge on any atom is -0.468 e. The Morgan fingerprint density at radius 2 is 2.00 bits per heavy atom. The lowest BCUT2D eigenvalue weighted by atomic mass is 9.89. The van der Waals surface area contributed by atoms with E-state index in [4.69, 9.17) is 9.47 Å². The molecule has 17 heavy (non-hydrogen) atoms. The molecule has 1 aliphatic carbocycles. The third-order valence-corrected chi connectivity index (χ3v) is 3.40. The highest BCUT2D eigenvalue weighted by Gasteiger charge is 2.23. The van der Waals surface area contributed by atoms with Gasteiger partial charge in [0.2, 0.25) is 0 Å². The second-order valence-electron chi connectivity index (χ2n) is 4.85. The summed E-state index contributed by atoms with van der Waals surface area (Å²) in [6.07, 6.45) is 5.00. The highest BCUT2D eigenvalue weighted by atomic mass is 16.5. The van der Waals surface area contributed by atoms with E-state index >= 15 is 0 Å². The molecule has 1 rings (SSSR count). The van der Waals surface area contributed by atoms with E-state index in [-0.39, 0.29) is 12.0 Å². The number of carbonyl (C=O) groups excluding carboxylic acids is 1. The first-order valence-electron chi connectivity index (χ1n) is 6.60. The number of likely N-dealkylation sites (N-methyl/N-ethyl adjacent to an activating group) is 1. The van der Waals surface area contributed by atoms with E-state index in [1.54, 1.807) is 0 Å². The predicted octanol–water partition coefficient (Wildman–Crippen LogP) is 1.73. The number of ether oxygens (including phenoxy) is 2. The number of methoxy groups -OCH3 is 1. The van der Waals surface area contributed by atoms with Gasteiger partial charge in [-0.2, -0.15) is 0 Å². The summed E-state index contributed by atoms with van der Waals surface area (Å²) < 4.78 is 10.5. The number of esters is 1. The van der Waals surface area contributed by atoms with Crippen LogP contribution in [0, 0.1) is 5.92 Å². The van der Waals surface area contributed by atoms with Crippen molar-refractivity contribution in [2.75, 3.05) is 20.3 Å². The van der Waals surface area contributed by atoms with Gasteiger partial charge in [0.05, 0.1) is 19.8 Å². The van der Waals surface area contributed by atoms with Crippen LogP contribution in [0.2, 0.25) is 0 Å². The van der Waals surface area contributed by atoms with Crippen LogP contribution in [0.5, 0.6) is 0 Å². The molecule has 1 unspecified atom stereocenters. The first kappa shape index (κ1) is 14.5. The Morgan fingerprint density at radius 3 is 2.53 bits per heavy atom. The Kier molecular flexibility index (Phi) is 6.52. The van der Waals surface area contributed by atoms with Crippen molar-refractivity contribution in [1.82, 2.24) is 5.32 Å². The van der Waals surface area contributed by atoms with Gasteiger partial charge in [0.25, 0.3) is 0 Å². The van der Waals surface area contributed by atoms with Crippen LogP contribution < -0.4 is 5.32 Å². The van der Waals surface area contributed by atoms with Gasteiger partial charge >= 0.3 is 5.97 Å². The topological polar surface area (TPSA) is 47.6 Å². The van der Waals surface area contributed by atoms with Crippen LogP contribution in [0.15, 0.2) is 0 Å². The first-order chi connectivity index (χ1) is 8.17. The zero-order valence-corrected chi connectivity index (χ0v) is 11.2. The molecule has 100 valence electrons. The highest BCUT2D eigenvalue weighted by molar-refractivity contribution is 5.75. The second kappa shape index (κ2) is 7.67. The van der Waals surface area contributed by atoms with Gasteiger partial charge in [0.1, 0.15) is 6.04 Å². The molecule has 0 radical (unpaired) electrons. The smallest absolute Gasteiger partial charge is 0.325 e. The van der Waals surface area contributed by atoms with Crippen molar-refractivity contribution in [1.29, 1.82) is 0 Å². The van der Waals surface area contributed by atoms with E-state index in [0.29, 0.717) is 12.7 Å². The minimum atomic E-state index is -0.329. The number of hydrogen-bond donors (Lipinski definition) is 1. The third kappa shape index (κ3) is 5.04. The molecule has 0 aromatic rings. The molecule has 1 atom stereocenters. The summed E-state index contributed by atoms with van der Waals surface area (Å²) >= 11 is 0. The number of nitrogens with one attached hydrogen (secondary N) is 1. The molecule has 1 fully saturated rings. The fraction of sp³-hybridized carbons (Fsp3) is 0.923. The lowest BCUT2D eigenvalue weighted by molar-refractivity contribution is -0.145. The molecule has 0 aliphatic heterocycles. The summed E-state index contributed by atoms with van der Waals surface area (Å²) in [6, 6.07) is -0.329. The Morgan fingerprint density at radius 1 is 1.35 bits per heavy atom. The molecule has 4 nitrogen and oxygen atoms in total. The van der Waals surface area contributed by atoms with E-state index < -0.39 is 0 Å².